The van der Waals surface area contributed by atoms with E-state index >= 15 is 0 Å². The van der Waals surface area contributed by atoms with E-state index < -0.39 is 9.84 Å². The van der Waals surface area contributed by atoms with Crippen LogP contribution in [0.2, 0.25) is 10.0 Å². The average Bonchev–Trinajstić information content (AvgIpc) is 3.12. The Bertz CT molecular complexity index is 1790. The number of sulfone groups is 1. The van der Waals surface area contributed by atoms with Crippen molar-refractivity contribution in [3.05, 3.63) is 129 Å². The Balaban J connectivity index is 0.000000188. The van der Waals surface area contributed by atoms with Crippen molar-refractivity contribution in [3.63, 3.8) is 0 Å². The van der Waals surface area contributed by atoms with Crippen molar-refractivity contribution in [2.45, 2.75) is 59.8 Å². The second-order valence-corrected chi connectivity index (χ2v) is 15.8. The third kappa shape index (κ3) is 9.88. The van der Waals surface area contributed by atoms with Crippen molar-refractivity contribution in [3.8, 4) is 0 Å². The van der Waals surface area contributed by atoms with Crippen LogP contribution in [0.5, 0.6) is 0 Å². The molecule has 0 aromatic heterocycles. The zero-order valence-corrected chi connectivity index (χ0v) is 30.0. The third-order valence-corrected chi connectivity index (χ3v) is 12.2. The number of amides is 2. The number of hydrogen-bond acceptors (Lipinski definition) is 5. The lowest BCUT2D eigenvalue weighted by molar-refractivity contribution is 0.0717. The molecule has 6 rings (SSSR count). The fourth-order valence-electron chi connectivity index (χ4n) is 5.76. The second kappa shape index (κ2) is 17.4. The van der Waals surface area contributed by atoms with Gasteiger partial charge in [0.25, 0.3) is 11.8 Å². The number of likely N-dealkylation sites (tertiary alicyclic amines) is 2. The van der Waals surface area contributed by atoms with E-state index in [9.17, 15) is 18.0 Å². The van der Waals surface area contributed by atoms with Gasteiger partial charge < -0.3 is 9.80 Å². The SMILES string of the molecule is O=C(c1ccc(CS(=O)(=O)c2ccccc2Cl)cc1)N1CCCCC1.O=C(c1ccc(CSc2ccccc2Cl)cc1)N1CCCCC1. The molecule has 2 aliphatic rings. The summed E-state index contributed by atoms with van der Waals surface area (Å²) in [6.45, 7) is 3.37. The fraction of sp³-hybridized carbons (Fsp3) is 0.316. The van der Waals surface area contributed by atoms with Gasteiger partial charge in [-0.3, -0.25) is 9.59 Å². The molecule has 4 aromatic carbocycles. The average molecular weight is 724 g/mol. The molecule has 252 valence electrons. The summed E-state index contributed by atoms with van der Waals surface area (Å²) < 4.78 is 25.1. The second-order valence-electron chi connectivity index (χ2n) is 12.0. The van der Waals surface area contributed by atoms with E-state index in [-0.39, 0.29) is 27.5 Å². The van der Waals surface area contributed by atoms with Gasteiger partial charge in [-0.15, -0.1) is 11.8 Å². The van der Waals surface area contributed by atoms with Crippen molar-refractivity contribution in [1.82, 2.24) is 9.80 Å². The summed E-state index contributed by atoms with van der Waals surface area (Å²) in [6, 6.07) is 29.1. The van der Waals surface area contributed by atoms with Crippen LogP contribution in [0.4, 0.5) is 0 Å². The minimum atomic E-state index is -3.52. The van der Waals surface area contributed by atoms with E-state index in [1.54, 1.807) is 54.2 Å². The molecule has 0 aliphatic carbocycles. The van der Waals surface area contributed by atoms with Crippen molar-refractivity contribution in [2.24, 2.45) is 0 Å². The standard InChI is InChI=1S/C19H20ClNO3S.C19H20ClNOS/c20-17-6-2-3-7-18(17)25(23,24)14-15-8-10-16(11-9-15)19(22)21-12-4-1-5-13-21;20-17-6-2-3-7-18(17)23-14-15-8-10-16(11-9-15)19(22)21-12-4-1-5-13-21/h2-3,6-11H,1,4-5,12-14H2;2-3,6-11H,1,4-5,12-14H2. The first-order valence-electron chi connectivity index (χ1n) is 16.3. The van der Waals surface area contributed by atoms with Gasteiger partial charge in [-0.25, -0.2) is 8.42 Å². The largest absolute Gasteiger partial charge is 0.339 e. The molecule has 48 heavy (non-hydrogen) atoms. The fourth-order valence-corrected chi connectivity index (χ4v) is 8.88. The lowest BCUT2D eigenvalue weighted by Crippen LogP contribution is -2.35. The molecule has 2 saturated heterocycles. The van der Waals surface area contributed by atoms with Gasteiger partial charge in [0.15, 0.2) is 9.84 Å². The van der Waals surface area contributed by atoms with Crippen LogP contribution in [0.15, 0.2) is 107 Å². The third-order valence-electron chi connectivity index (χ3n) is 8.45. The van der Waals surface area contributed by atoms with E-state index in [4.69, 9.17) is 23.2 Å². The van der Waals surface area contributed by atoms with Crippen molar-refractivity contribution in [2.75, 3.05) is 26.2 Å². The topological polar surface area (TPSA) is 74.8 Å². The van der Waals surface area contributed by atoms with Crippen LogP contribution in [0.1, 0.15) is 70.4 Å². The molecule has 10 heteroatoms. The summed E-state index contributed by atoms with van der Waals surface area (Å²) in [5.74, 6) is 0.881. The Morgan fingerprint density at radius 3 is 1.54 bits per heavy atom. The Morgan fingerprint density at radius 1 is 0.583 bits per heavy atom. The van der Waals surface area contributed by atoms with Crippen LogP contribution >= 0.6 is 35.0 Å². The van der Waals surface area contributed by atoms with Gasteiger partial charge in [-0.05, 0) is 98.2 Å². The monoisotopic (exact) mass is 722 g/mol. The maximum atomic E-state index is 12.5. The number of nitrogens with zero attached hydrogens (tertiary/aromatic N) is 2. The Kier molecular flexibility index (Phi) is 13.0. The van der Waals surface area contributed by atoms with Crippen LogP contribution in [0.3, 0.4) is 0 Å². The zero-order valence-electron chi connectivity index (χ0n) is 26.8. The predicted molar refractivity (Wildman–Crippen MR) is 196 cm³/mol. The number of halogens is 2. The van der Waals surface area contributed by atoms with Crippen LogP contribution in [-0.2, 0) is 21.3 Å². The van der Waals surface area contributed by atoms with Crippen LogP contribution in [-0.4, -0.2) is 56.2 Å². The molecule has 2 heterocycles. The summed E-state index contributed by atoms with van der Waals surface area (Å²) in [5, 5.41) is 1.01. The minimum Gasteiger partial charge on any atom is -0.339 e. The van der Waals surface area contributed by atoms with Gasteiger partial charge in [0.1, 0.15) is 0 Å². The first kappa shape index (κ1) is 36.0. The molecule has 2 aliphatic heterocycles. The molecule has 0 spiro atoms. The molecule has 0 N–H and O–H groups in total. The Labute approximate surface area is 298 Å². The van der Waals surface area contributed by atoms with Gasteiger partial charge in [0.05, 0.1) is 20.7 Å². The van der Waals surface area contributed by atoms with Gasteiger partial charge >= 0.3 is 0 Å². The number of carbonyl (C=O) groups is 2. The van der Waals surface area contributed by atoms with Crippen molar-refractivity contribution in [1.29, 1.82) is 0 Å². The van der Waals surface area contributed by atoms with Gasteiger partial charge in [0.2, 0.25) is 0 Å². The zero-order chi connectivity index (χ0) is 33.9. The minimum absolute atomic E-state index is 0.0141. The lowest BCUT2D eigenvalue weighted by Gasteiger charge is -2.26. The molecule has 0 unspecified atom stereocenters. The van der Waals surface area contributed by atoms with Gasteiger partial charge in [0, 0.05) is 48.0 Å². The number of thioether (sulfide) groups is 1. The summed E-state index contributed by atoms with van der Waals surface area (Å²) in [6.07, 6.45) is 6.74. The quantitative estimate of drug-likeness (QED) is 0.170. The molecule has 0 atom stereocenters. The van der Waals surface area contributed by atoms with E-state index in [0.717, 1.165) is 73.1 Å². The molecule has 4 aromatic rings. The molecule has 0 saturated carbocycles. The smallest absolute Gasteiger partial charge is 0.253 e. The summed E-state index contributed by atoms with van der Waals surface area (Å²) in [4.78, 5) is 29.9. The Morgan fingerprint density at radius 2 is 1.04 bits per heavy atom. The van der Waals surface area contributed by atoms with Gasteiger partial charge in [-0.1, -0.05) is 71.7 Å². The summed E-state index contributed by atoms with van der Waals surface area (Å²) in [7, 11) is -3.52. The van der Waals surface area contributed by atoms with E-state index in [0.29, 0.717) is 11.1 Å². The number of benzene rings is 4. The highest BCUT2D eigenvalue weighted by Crippen LogP contribution is 2.30. The number of rotatable bonds is 8. The van der Waals surface area contributed by atoms with E-state index in [1.165, 1.54) is 24.5 Å². The molecule has 6 nitrogen and oxygen atoms in total. The lowest BCUT2D eigenvalue weighted by atomic mass is 10.1. The number of hydrogen-bond donors (Lipinski definition) is 0. The van der Waals surface area contributed by atoms with E-state index in [1.807, 2.05) is 58.3 Å². The first-order chi connectivity index (χ1) is 23.2. The molecule has 0 radical (unpaired) electrons. The highest BCUT2D eigenvalue weighted by Gasteiger charge is 2.21. The maximum Gasteiger partial charge on any atom is 0.253 e. The number of carbonyl (C=O) groups excluding carboxylic acids is 2. The van der Waals surface area contributed by atoms with Crippen molar-refractivity contribution < 1.29 is 18.0 Å². The molecule has 0 bridgehead atoms. The van der Waals surface area contributed by atoms with Crippen LogP contribution in [0.25, 0.3) is 0 Å². The highest BCUT2D eigenvalue weighted by molar-refractivity contribution is 7.98. The molecule has 2 fully saturated rings. The highest BCUT2D eigenvalue weighted by atomic mass is 35.5. The maximum absolute atomic E-state index is 12.5. The summed E-state index contributed by atoms with van der Waals surface area (Å²) in [5.41, 5.74) is 3.22. The van der Waals surface area contributed by atoms with Crippen molar-refractivity contribution >= 4 is 56.6 Å². The predicted octanol–water partition coefficient (Wildman–Crippen LogP) is 9.20. The molecule has 2 amide bonds. The molecular weight excluding hydrogens is 683 g/mol. The van der Waals surface area contributed by atoms with Crippen LogP contribution in [0, 0.1) is 0 Å². The van der Waals surface area contributed by atoms with Crippen LogP contribution < -0.4 is 0 Å². The number of piperidine rings is 2. The first-order valence-corrected chi connectivity index (χ1v) is 19.7. The van der Waals surface area contributed by atoms with E-state index in [2.05, 4.69) is 0 Å². The molecular formula is C38H40Cl2N2O4S2. The Hall–Kier alpha value is -3.30. The summed E-state index contributed by atoms with van der Waals surface area (Å²) >= 11 is 13.9. The normalized spacial score (nSPS) is 15.0. The van der Waals surface area contributed by atoms with Gasteiger partial charge in [-0.2, -0.15) is 0 Å².